The van der Waals surface area contributed by atoms with Crippen molar-refractivity contribution in [3.63, 3.8) is 0 Å². The zero-order valence-corrected chi connectivity index (χ0v) is 7.50. The fourth-order valence-corrected chi connectivity index (χ4v) is 1.46. The maximum Gasteiger partial charge on any atom is 0.278 e. The van der Waals surface area contributed by atoms with Crippen LogP contribution in [0.2, 0.25) is 0 Å². The second-order valence-corrected chi connectivity index (χ2v) is 3.53. The zero-order chi connectivity index (χ0) is 10.2. The molecule has 14 heavy (non-hydrogen) atoms. The Bertz CT molecular complexity index is 319. The van der Waals surface area contributed by atoms with Crippen LogP contribution in [0, 0.1) is 5.92 Å². The van der Waals surface area contributed by atoms with E-state index in [9.17, 15) is 8.78 Å². The molecule has 0 atom stereocenters. The number of phenols is 1. The maximum atomic E-state index is 13.6. The average Bonchev–Trinajstić information content (AvgIpc) is 2.00. The Morgan fingerprint density at radius 3 is 2.21 bits per heavy atom. The summed E-state index contributed by atoms with van der Waals surface area (Å²) in [5.74, 6) is -3.40. The van der Waals surface area contributed by atoms with Crippen LogP contribution in [-0.2, 0) is 5.92 Å². The van der Waals surface area contributed by atoms with Crippen LogP contribution in [0.25, 0.3) is 0 Å². The van der Waals surface area contributed by atoms with E-state index in [0.717, 1.165) is 0 Å². The molecule has 2 nitrogen and oxygen atoms in total. The minimum absolute atomic E-state index is 0.0104. The molecular formula is C10H11F2NO. The van der Waals surface area contributed by atoms with Gasteiger partial charge in [0.15, 0.2) is 0 Å². The molecule has 1 saturated heterocycles. The van der Waals surface area contributed by atoms with Gasteiger partial charge < -0.3 is 10.4 Å². The summed E-state index contributed by atoms with van der Waals surface area (Å²) >= 11 is 0. The summed E-state index contributed by atoms with van der Waals surface area (Å²) < 4.78 is 27.2. The third kappa shape index (κ3) is 1.46. The highest BCUT2D eigenvalue weighted by molar-refractivity contribution is 5.29. The number of alkyl halides is 2. The number of rotatable bonds is 2. The van der Waals surface area contributed by atoms with Crippen molar-refractivity contribution in [2.45, 2.75) is 5.92 Å². The van der Waals surface area contributed by atoms with Crippen LogP contribution in [0.3, 0.4) is 0 Å². The second kappa shape index (κ2) is 3.20. The molecule has 0 bridgehead atoms. The van der Waals surface area contributed by atoms with Gasteiger partial charge >= 0.3 is 0 Å². The number of nitrogens with one attached hydrogen (secondary N) is 1. The van der Waals surface area contributed by atoms with Gasteiger partial charge in [0.05, 0.1) is 5.92 Å². The molecule has 76 valence electrons. The van der Waals surface area contributed by atoms with Crippen molar-refractivity contribution in [2.75, 3.05) is 13.1 Å². The van der Waals surface area contributed by atoms with Crippen LogP contribution < -0.4 is 5.32 Å². The SMILES string of the molecule is Oc1ccc(C(F)(F)C2CNC2)cc1. The molecule has 1 aromatic rings. The lowest BCUT2D eigenvalue weighted by molar-refractivity contribution is -0.0834. The molecule has 1 aliphatic rings. The van der Waals surface area contributed by atoms with E-state index in [2.05, 4.69) is 5.32 Å². The summed E-state index contributed by atoms with van der Waals surface area (Å²) in [7, 11) is 0. The van der Waals surface area contributed by atoms with Gasteiger partial charge in [0.25, 0.3) is 5.92 Å². The molecule has 0 amide bonds. The first-order valence-electron chi connectivity index (χ1n) is 4.49. The average molecular weight is 199 g/mol. The van der Waals surface area contributed by atoms with Crippen molar-refractivity contribution in [1.82, 2.24) is 5.32 Å². The van der Waals surface area contributed by atoms with E-state index < -0.39 is 11.8 Å². The highest BCUT2D eigenvalue weighted by Gasteiger charge is 2.44. The first-order chi connectivity index (χ1) is 6.60. The van der Waals surface area contributed by atoms with Gasteiger partial charge in [0.2, 0.25) is 0 Å². The van der Waals surface area contributed by atoms with Gasteiger partial charge in [-0.15, -0.1) is 0 Å². The third-order valence-electron chi connectivity index (χ3n) is 2.55. The first-order valence-corrected chi connectivity index (χ1v) is 4.49. The Kier molecular flexibility index (Phi) is 2.15. The minimum atomic E-state index is -2.79. The van der Waals surface area contributed by atoms with E-state index in [1.54, 1.807) is 0 Å². The molecule has 0 radical (unpaired) electrons. The third-order valence-corrected chi connectivity index (χ3v) is 2.55. The molecule has 4 heteroatoms. The largest absolute Gasteiger partial charge is 0.508 e. The topological polar surface area (TPSA) is 32.3 Å². The zero-order valence-electron chi connectivity index (χ0n) is 7.50. The summed E-state index contributed by atoms with van der Waals surface area (Å²) in [4.78, 5) is 0. The predicted octanol–water partition coefficient (Wildman–Crippen LogP) is 1.70. The molecular weight excluding hydrogens is 188 g/mol. The van der Waals surface area contributed by atoms with Crippen molar-refractivity contribution in [3.05, 3.63) is 29.8 Å². The van der Waals surface area contributed by atoms with Crippen molar-refractivity contribution in [2.24, 2.45) is 5.92 Å². The van der Waals surface area contributed by atoms with Crippen molar-refractivity contribution >= 4 is 0 Å². The van der Waals surface area contributed by atoms with E-state index in [4.69, 9.17) is 5.11 Å². The monoisotopic (exact) mass is 199 g/mol. The smallest absolute Gasteiger partial charge is 0.278 e. The van der Waals surface area contributed by atoms with E-state index in [0.29, 0.717) is 13.1 Å². The molecule has 1 fully saturated rings. The Balaban J connectivity index is 2.23. The predicted molar refractivity (Wildman–Crippen MR) is 48.4 cm³/mol. The van der Waals surface area contributed by atoms with Gasteiger partial charge in [-0.05, 0) is 24.3 Å². The van der Waals surface area contributed by atoms with Gasteiger partial charge in [-0.1, -0.05) is 0 Å². The number of aromatic hydroxyl groups is 1. The van der Waals surface area contributed by atoms with Gasteiger partial charge in [-0.3, -0.25) is 0 Å². The molecule has 1 aromatic carbocycles. The normalized spacial score (nSPS) is 17.9. The van der Waals surface area contributed by atoms with E-state index >= 15 is 0 Å². The molecule has 1 aliphatic heterocycles. The first kappa shape index (κ1) is 9.40. The number of hydrogen-bond donors (Lipinski definition) is 2. The van der Waals surface area contributed by atoms with Gasteiger partial charge in [0.1, 0.15) is 5.75 Å². The fraction of sp³-hybridized carbons (Fsp3) is 0.400. The van der Waals surface area contributed by atoms with Crippen LogP contribution in [-0.4, -0.2) is 18.2 Å². The fourth-order valence-electron chi connectivity index (χ4n) is 1.46. The Hall–Kier alpha value is -1.16. The maximum absolute atomic E-state index is 13.6. The summed E-state index contributed by atoms with van der Waals surface area (Å²) in [6.07, 6.45) is 0. The number of benzene rings is 1. The van der Waals surface area contributed by atoms with Crippen LogP contribution in [0.5, 0.6) is 5.75 Å². The van der Waals surface area contributed by atoms with E-state index in [1.807, 2.05) is 0 Å². The lowest BCUT2D eigenvalue weighted by atomic mass is 9.90. The molecule has 0 aromatic heterocycles. The Labute approximate surface area is 80.6 Å². The van der Waals surface area contributed by atoms with Gasteiger partial charge in [0, 0.05) is 18.7 Å². The van der Waals surface area contributed by atoms with E-state index in [-0.39, 0.29) is 11.3 Å². The van der Waals surface area contributed by atoms with Gasteiger partial charge in [-0.25, -0.2) is 8.78 Å². The summed E-state index contributed by atoms with van der Waals surface area (Å²) in [5, 5.41) is 11.8. The Morgan fingerprint density at radius 2 is 1.79 bits per heavy atom. The minimum Gasteiger partial charge on any atom is -0.508 e. The highest BCUT2D eigenvalue weighted by atomic mass is 19.3. The van der Waals surface area contributed by atoms with Crippen molar-refractivity contribution in [1.29, 1.82) is 0 Å². The van der Waals surface area contributed by atoms with Crippen LogP contribution in [0.1, 0.15) is 5.56 Å². The number of phenolic OH excluding ortho intramolecular Hbond substituents is 1. The van der Waals surface area contributed by atoms with E-state index in [1.165, 1.54) is 24.3 Å². The van der Waals surface area contributed by atoms with Crippen LogP contribution >= 0.6 is 0 Å². The highest BCUT2D eigenvalue weighted by Crippen LogP contribution is 2.38. The Morgan fingerprint density at radius 1 is 1.21 bits per heavy atom. The molecule has 0 aliphatic carbocycles. The molecule has 1 heterocycles. The quantitative estimate of drug-likeness (QED) is 0.759. The summed E-state index contributed by atoms with van der Waals surface area (Å²) in [6.45, 7) is 0.710. The molecule has 0 spiro atoms. The van der Waals surface area contributed by atoms with Crippen molar-refractivity contribution < 1.29 is 13.9 Å². The molecule has 0 saturated carbocycles. The molecule has 2 rings (SSSR count). The summed E-state index contributed by atoms with van der Waals surface area (Å²) in [6, 6.07) is 5.12. The van der Waals surface area contributed by atoms with Crippen LogP contribution in [0.15, 0.2) is 24.3 Å². The molecule has 0 unspecified atom stereocenters. The molecule has 2 N–H and O–H groups in total. The summed E-state index contributed by atoms with van der Waals surface area (Å²) in [5.41, 5.74) is -0.0261. The number of halogens is 2. The lowest BCUT2D eigenvalue weighted by Crippen LogP contribution is -2.50. The van der Waals surface area contributed by atoms with Gasteiger partial charge in [-0.2, -0.15) is 0 Å². The van der Waals surface area contributed by atoms with Crippen molar-refractivity contribution in [3.8, 4) is 5.75 Å². The number of hydrogen-bond acceptors (Lipinski definition) is 2. The second-order valence-electron chi connectivity index (χ2n) is 3.53. The van der Waals surface area contributed by atoms with Crippen LogP contribution in [0.4, 0.5) is 8.78 Å². The lowest BCUT2D eigenvalue weighted by Gasteiger charge is -2.34. The standard InChI is InChI=1S/C10H11F2NO/c11-10(12,8-5-13-6-8)7-1-3-9(14)4-2-7/h1-4,8,13-14H,5-6H2.